The molecule has 0 saturated carbocycles. The molecular formula is C11H16Cl2N2O. The van der Waals surface area contributed by atoms with Crippen LogP contribution < -0.4 is 0 Å². The van der Waals surface area contributed by atoms with Gasteiger partial charge in [0.05, 0.1) is 0 Å². The molecule has 0 fully saturated rings. The Morgan fingerprint density at radius 3 is 2.19 bits per heavy atom. The normalized spacial score (nSPS) is 11.1. The number of aromatic nitrogens is 2. The minimum absolute atomic E-state index is 0.214. The van der Waals surface area contributed by atoms with Crippen LogP contribution in [-0.4, -0.2) is 16.6 Å². The summed E-state index contributed by atoms with van der Waals surface area (Å²) in [7, 11) is 0. The molecule has 1 rings (SSSR count). The average molecular weight is 263 g/mol. The molecule has 0 bridgehead atoms. The summed E-state index contributed by atoms with van der Waals surface area (Å²) in [4.78, 5) is 8.34. The van der Waals surface area contributed by atoms with Crippen LogP contribution in [0.5, 0.6) is 0 Å². The van der Waals surface area contributed by atoms with Crippen LogP contribution in [0.2, 0.25) is 10.3 Å². The first-order valence-electron chi connectivity index (χ1n) is 5.35. The van der Waals surface area contributed by atoms with Crippen LogP contribution in [0, 0.1) is 0 Å². The van der Waals surface area contributed by atoms with Gasteiger partial charge in [0.2, 0.25) is 0 Å². The Hall–Kier alpha value is -0.380. The molecule has 1 heterocycles. The van der Waals surface area contributed by atoms with E-state index in [0.717, 1.165) is 12.0 Å². The molecule has 0 aliphatic heterocycles. The van der Waals surface area contributed by atoms with Crippen molar-refractivity contribution in [3.8, 4) is 0 Å². The predicted molar refractivity (Wildman–Crippen MR) is 66.1 cm³/mol. The molecule has 5 heteroatoms. The van der Waals surface area contributed by atoms with Crippen LogP contribution in [0.1, 0.15) is 44.5 Å². The summed E-state index contributed by atoms with van der Waals surface area (Å²) in [5.74, 6) is 0.749. The van der Waals surface area contributed by atoms with Crippen molar-refractivity contribution in [1.29, 1.82) is 0 Å². The summed E-state index contributed by atoms with van der Waals surface area (Å²) >= 11 is 12.1. The first-order chi connectivity index (χ1) is 7.56. The van der Waals surface area contributed by atoms with E-state index in [2.05, 4.69) is 9.97 Å². The Kier molecular flexibility index (Phi) is 5.46. The third-order valence-electron chi connectivity index (χ3n) is 2.06. The third kappa shape index (κ3) is 3.58. The van der Waals surface area contributed by atoms with Gasteiger partial charge in [-0.2, -0.15) is 0 Å². The lowest BCUT2D eigenvalue weighted by molar-refractivity contribution is 0.116. The highest BCUT2D eigenvalue weighted by Crippen LogP contribution is 2.28. The molecule has 0 radical (unpaired) electrons. The number of hydrogen-bond acceptors (Lipinski definition) is 3. The summed E-state index contributed by atoms with van der Waals surface area (Å²) in [6, 6.07) is 0. The molecule has 1 aromatic heterocycles. The van der Waals surface area contributed by atoms with Crippen LogP contribution in [0.15, 0.2) is 0 Å². The molecule has 0 saturated heterocycles. The number of ether oxygens (including phenoxy) is 1. The van der Waals surface area contributed by atoms with E-state index in [9.17, 15) is 0 Å². The van der Waals surface area contributed by atoms with Gasteiger partial charge < -0.3 is 4.74 Å². The van der Waals surface area contributed by atoms with E-state index in [0.29, 0.717) is 29.3 Å². The molecule has 0 aliphatic rings. The number of halogens is 2. The highest BCUT2D eigenvalue weighted by atomic mass is 35.5. The molecule has 0 spiro atoms. The summed E-state index contributed by atoms with van der Waals surface area (Å²) in [5, 5.41) is 0.843. The Morgan fingerprint density at radius 2 is 1.75 bits per heavy atom. The van der Waals surface area contributed by atoms with Gasteiger partial charge in [0, 0.05) is 12.2 Å². The standard InChI is InChI=1S/C11H16Cl2N2O/c1-4-5-16-6-8-14-10(12)9(7(2)3)11(13)15-8/h7H,4-6H2,1-3H3. The molecule has 0 N–H and O–H groups in total. The lowest BCUT2D eigenvalue weighted by Crippen LogP contribution is -2.04. The molecule has 16 heavy (non-hydrogen) atoms. The smallest absolute Gasteiger partial charge is 0.157 e. The van der Waals surface area contributed by atoms with Gasteiger partial charge in [-0.3, -0.25) is 0 Å². The van der Waals surface area contributed by atoms with Gasteiger partial charge in [0.15, 0.2) is 5.82 Å². The fourth-order valence-corrected chi connectivity index (χ4v) is 2.16. The quantitative estimate of drug-likeness (QED) is 0.598. The summed E-state index contributed by atoms with van der Waals surface area (Å²) in [6.45, 7) is 7.09. The Labute approximate surface area is 106 Å². The fourth-order valence-electron chi connectivity index (χ4n) is 1.31. The van der Waals surface area contributed by atoms with Crippen molar-refractivity contribution in [3.05, 3.63) is 21.7 Å². The van der Waals surface area contributed by atoms with Crippen molar-refractivity contribution in [3.63, 3.8) is 0 Å². The molecule has 0 unspecified atom stereocenters. The molecule has 0 atom stereocenters. The van der Waals surface area contributed by atoms with E-state index in [1.807, 2.05) is 20.8 Å². The monoisotopic (exact) mass is 262 g/mol. The van der Waals surface area contributed by atoms with Crippen molar-refractivity contribution < 1.29 is 4.74 Å². The second-order valence-corrected chi connectivity index (χ2v) is 4.56. The fraction of sp³-hybridized carbons (Fsp3) is 0.636. The van der Waals surface area contributed by atoms with E-state index in [4.69, 9.17) is 27.9 Å². The highest BCUT2D eigenvalue weighted by molar-refractivity contribution is 6.34. The van der Waals surface area contributed by atoms with Gasteiger partial charge in [-0.25, -0.2) is 9.97 Å². The highest BCUT2D eigenvalue weighted by Gasteiger charge is 2.14. The lowest BCUT2D eigenvalue weighted by Gasteiger charge is -2.10. The number of hydrogen-bond donors (Lipinski definition) is 0. The van der Waals surface area contributed by atoms with Gasteiger partial charge in [0.25, 0.3) is 0 Å². The van der Waals surface area contributed by atoms with Crippen LogP contribution in [0.4, 0.5) is 0 Å². The predicted octanol–water partition coefficient (Wildman–Crippen LogP) is 3.83. The van der Waals surface area contributed by atoms with E-state index in [1.165, 1.54) is 0 Å². The molecule has 0 aliphatic carbocycles. The molecule has 1 aromatic rings. The topological polar surface area (TPSA) is 35.0 Å². The van der Waals surface area contributed by atoms with Crippen LogP contribution in [0.25, 0.3) is 0 Å². The second-order valence-electron chi connectivity index (χ2n) is 3.84. The number of nitrogens with zero attached hydrogens (tertiary/aromatic N) is 2. The zero-order valence-electron chi connectivity index (χ0n) is 9.76. The maximum Gasteiger partial charge on any atom is 0.157 e. The van der Waals surface area contributed by atoms with Gasteiger partial charge in [-0.15, -0.1) is 0 Å². The van der Waals surface area contributed by atoms with Gasteiger partial charge in [-0.1, -0.05) is 44.0 Å². The second kappa shape index (κ2) is 6.38. The maximum absolute atomic E-state index is 6.05. The van der Waals surface area contributed by atoms with Crippen molar-refractivity contribution in [2.24, 2.45) is 0 Å². The zero-order valence-corrected chi connectivity index (χ0v) is 11.3. The molecule has 0 amide bonds. The van der Waals surface area contributed by atoms with Crippen LogP contribution in [-0.2, 0) is 11.3 Å². The molecule has 0 aromatic carbocycles. The minimum atomic E-state index is 0.214. The van der Waals surface area contributed by atoms with Crippen LogP contribution in [0.3, 0.4) is 0 Å². The molecular weight excluding hydrogens is 247 g/mol. The summed E-state index contributed by atoms with van der Waals surface area (Å²) in [6.07, 6.45) is 0.964. The Morgan fingerprint density at radius 1 is 1.19 bits per heavy atom. The maximum atomic E-state index is 6.05. The van der Waals surface area contributed by atoms with Crippen molar-refractivity contribution in [2.45, 2.75) is 39.7 Å². The summed E-state index contributed by atoms with van der Waals surface area (Å²) in [5.41, 5.74) is 0.794. The van der Waals surface area contributed by atoms with Crippen molar-refractivity contribution in [2.75, 3.05) is 6.61 Å². The van der Waals surface area contributed by atoms with Crippen molar-refractivity contribution in [1.82, 2.24) is 9.97 Å². The SMILES string of the molecule is CCCOCc1nc(Cl)c(C(C)C)c(Cl)n1. The van der Waals surface area contributed by atoms with E-state index in [1.54, 1.807) is 0 Å². The lowest BCUT2D eigenvalue weighted by atomic mass is 10.1. The summed E-state index contributed by atoms with van der Waals surface area (Å²) < 4.78 is 5.34. The molecule has 3 nitrogen and oxygen atoms in total. The van der Waals surface area contributed by atoms with Crippen LogP contribution >= 0.6 is 23.2 Å². The average Bonchev–Trinajstić information content (AvgIpc) is 2.16. The van der Waals surface area contributed by atoms with Gasteiger partial charge in [-0.05, 0) is 12.3 Å². The Bertz CT molecular complexity index is 333. The van der Waals surface area contributed by atoms with Gasteiger partial charge in [0.1, 0.15) is 16.9 Å². The van der Waals surface area contributed by atoms with Gasteiger partial charge >= 0.3 is 0 Å². The van der Waals surface area contributed by atoms with Crippen molar-refractivity contribution >= 4 is 23.2 Å². The Balaban J connectivity index is 2.83. The van der Waals surface area contributed by atoms with E-state index in [-0.39, 0.29) is 5.92 Å². The molecule has 90 valence electrons. The first-order valence-corrected chi connectivity index (χ1v) is 6.11. The largest absolute Gasteiger partial charge is 0.373 e. The van der Waals surface area contributed by atoms with E-state index < -0.39 is 0 Å². The first kappa shape index (κ1) is 13.7. The zero-order chi connectivity index (χ0) is 12.1. The number of rotatable bonds is 5. The minimum Gasteiger partial charge on any atom is -0.373 e. The third-order valence-corrected chi connectivity index (χ3v) is 2.63. The van der Waals surface area contributed by atoms with E-state index >= 15 is 0 Å².